The quantitative estimate of drug-likeness (QED) is 0.571. The fourth-order valence-electron chi connectivity index (χ4n) is 1.21. The van der Waals surface area contributed by atoms with E-state index in [1.807, 2.05) is 0 Å². The van der Waals surface area contributed by atoms with E-state index in [2.05, 4.69) is 39.1 Å². The van der Waals surface area contributed by atoms with Gasteiger partial charge in [-0.25, -0.2) is 0 Å². The first-order valence-corrected chi connectivity index (χ1v) is 5.19. The van der Waals surface area contributed by atoms with Crippen LogP contribution in [0.15, 0.2) is 0 Å². The van der Waals surface area contributed by atoms with Crippen LogP contribution in [-0.4, -0.2) is 23.2 Å². The van der Waals surface area contributed by atoms with Crippen molar-refractivity contribution in [1.82, 2.24) is 0 Å². The van der Waals surface area contributed by atoms with Gasteiger partial charge in [-0.05, 0) is 23.8 Å². The van der Waals surface area contributed by atoms with Crippen molar-refractivity contribution in [3.8, 4) is 0 Å². The Labute approximate surface area is 80.4 Å². The van der Waals surface area contributed by atoms with E-state index < -0.39 is 0 Å². The van der Waals surface area contributed by atoms with Gasteiger partial charge < -0.3 is 5.11 Å². The molecule has 0 aliphatic carbocycles. The monoisotopic (exact) mass is 194 g/mol. The lowest BCUT2D eigenvalue weighted by Crippen LogP contribution is -2.31. The van der Waals surface area contributed by atoms with Crippen molar-refractivity contribution < 1.29 is 5.11 Å². The van der Waals surface area contributed by atoms with E-state index in [1.54, 1.807) is 0 Å². The molecule has 0 aromatic heterocycles. The summed E-state index contributed by atoms with van der Waals surface area (Å²) in [6.07, 6.45) is 0.997. The van der Waals surface area contributed by atoms with Crippen molar-refractivity contribution in [2.45, 2.75) is 20.3 Å². The van der Waals surface area contributed by atoms with Crippen LogP contribution >= 0.6 is 25.3 Å². The maximum absolute atomic E-state index is 9.13. The molecule has 0 aliphatic heterocycles. The molecule has 0 saturated carbocycles. The molecule has 0 aromatic rings. The standard InChI is InChI=1S/C8H18OS2/c1-7(2)3-8(4-9,5-10)6-11/h7,9-11H,3-6H2,1-2H3. The van der Waals surface area contributed by atoms with Crippen molar-refractivity contribution in [2.75, 3.05) is 18.1 Å². The number of thiol groups is 2. The van der Waals surface area contributed by atoms with Crippen molar-refractivity contribution in [3.63, 3.8) is 0 Å². The topological polar surface area (TPSA) is 20.2 Å². The summed E-state index contributed by atoms with van der Waals surface area (Å²) in [5.74, 6) is 2.03. The van der Waals surface area contributed by atoms with E-state index in [0.29, 0.717) is 17.4 Å². The zero-order valence-corrected chi connectivity index (χ0v) is 9.04. The first-order chi connectivity index (χ1) is 5.10. The second-order valence-corrected chi connectivity index (χ2v) is 4.20. The van der Waals surface area contributed by atoms with Gasteiger partial charge >= 0.3 is 0 Å². The smallest absolute Gasteiger partial charge is 0.0503 e. The number of aliphatic hydroxyl groups is 1. The lowest BCUT2D eigenvalue weighted by molar-refractivity contribution is 0.145. The Morgan fingerprint density at radius 1 is 1.27 bits per heavy atom. The minimum Gasteiger partial charge on any atom is -0.396 e. The molecule has 0 atom stereocenters. The van der Waals surface area contributed by atoms with E-state index in [1.165, 1.54) is 0 Å². The third kappa shape index (κ3) is 3.72. The summed E-state index contributed by atoms with van der Waals surface area (Å²) in [5, 5.41) is 9.13. The Kier molecular flexibility index (Phi) is 5.65. The SMILES string of the molecule is CC(C)CC(CO)(CS)CS. The molecular weight excluding hydrogens is 176 g/mol. The van der Waals surface area contributed by atoms with Crippen molar-refractivity contribution in [3.05, 3.63) is 0 Å². The third-order valence-corrected chi connectivity index (χ3v) is 3.19. The highest BCUT2D eigenvalue weighted by atomic mass is 32.1. The van der Waals surface area contributed by atoms with Gasteiger partial charge in [-0.1, -0.05) is 13.8 Å². The van der Waals surface area contributed by atoms with Gasteiger partial charge in [0.15, 0.2) is 0 Å². The first-order valence-electron chi connectivity index (χ1n) is 3.93. The highest BCUT2D eigenvalue weighted by Gasteiger charge is 2.26. The van der Waals surface area contributed by atoms with Gasteiger partial charge in [-0.2, -0.15) is 25.3 Å². The predicted octanol–water partition coefficient (Wildman–Crippen LogP) is 1.87. The van der Waals surface area contributed by atoms with Crippen molar-refractivity contribution in [2.24, 2.45) is 11.3 Å². The summed E-state index contributed by atoms with van der Waals surface area (Å²) in [5.41, 5.74) is -0.0691. The Balaban J connectivity index is 4.05. The summed E-state index contributed by atoms with van der Waals surface area (Å²) in [6, 6.07) is 0. The van der Waals surface area contributed by atoms with Gasteiger partial charge in [0, 0.05) is 5.41 Å². The number of rotatable bonds is 5. The fraction of sp³-hybridized carbons (Fsp3) is 1.00. The first kappa shape index (κ1) is 11.7. The van der Waals surface area contributed by atoms with Gasteiger partial charge in [-0.15, -0.1) is 0 Å². The summed E-state index contributed by atoms with van der Waals surface area (Å²) in [7, 11) is 0. The Morgan fingerprint density at radius 2 is 1.73 bits per heavy atom. The third-order valence-electron chi connectivity index (χ3n) is 1.85. The average Bonchev–Trinajstić information content (AvgIpc) is 2.00. The molecule has 0 aliphatic rings. The number of aliphatic hydroxyl groups excluding tert-OH is 1. The molecule has 68 valence electrons. The summed E-state index contributed by atoms with van der Waals surface area (Å²) >= 11 is 8.45. The minimum atomic E-state index is -0.0691. The molecule has 1 N–H and O–H groups in total. The van der Waals surface area contributed by atoms with Crippen LogP contribution in [0.25, 0.3) is 0 Å². The molecule has 1 nitrogen and oxygen atoms in total. The van der Waals surface area contributed by atoms with Gasteiger partial charge in [0.05, 0.1) is 6.61 Å². The molecule has 0 bridgehead atoms. The van der Waals surface area contributed by atoms with E-state index in [9.17, 15) is 0 Å². The van der Waals surface area contributed by atoms with Crippen LogP contribution in [0.1, 0.15) is 20.3 Å². The normalized spacial score (nSPS) is 12.5. The second-order valence-electron chi connectivity index (χ2n) is 3.57. The number of hydrogen-bond donors (Lipinski definition) is 3. The van der Waals surface area contributed by atoms with Crippen LogP contribution in [0.3, 0.4) is 0 Å². The van der Waals surface area contributed by atoms with Crippen LogP contribution in [0, 0.1) is 11.3 Å². The molecule has 0 aromatic carbocycles. The van der Waals surface area contributed by atoms with E-state index in [4.69, 9.17) is 5.11 Å². The second kappa shape index (κ2) is 5.33. The highest BCUT2D eigenvalue weighted by Crippen LogP contribution is 2.28. The highest BCUT2D eigenvalue weighted by molar-refractivity contribution is 7.81. The summed E-state index contributed by atoms with van der Waals surface area (Å²) < 4.78 is 0. The van der Waals surface area contributed by atoms with E-state index in [0.717, 1.165) is 6.42 Å². The Hall–Kier alpha value is 0.660. The van der Waals surface area contributed by atoms with Gasteiger partial charge in [0.2, 0.25) is 0 Å². The van der Waals surface area contributed by atoms with Crippen LogP contribution in [0.5, 0.6) is 0 Å². The van der Waals surface area contributed by atoms with Crippen molar-refractivity contribution in [1.29, 1.82) is 0 Å². The molecule has 0 heterocycles. The average molecular weight is 194 g/mol. The molecule has 0 unspecified atom stereocenters. The maximum atomic E-state index is 9.13. The lowest BCUT2D eigenvalue weighted by atomic mass is 9.84. The maximum Gasteiger partial charge on any atom is 0.0503 e. The molecule has 3 heteroatoms. The zero-order chi connectivity index (χ0) is 8.91. The zero-order valence-electron chi connectivity index (χ0n) is 7.25. The van der Waals surface area contributed by atoms with Gasteiger partial charge in [0.1, 0.15) is 0 Å². The van der Waals surface area contributed by atoms with E-state index in [-0.39, 0.29) is 12.0 Å². The number of hydrogen-bond acceptors (Lipinski definition) is 3. The molecular formula is C8H18OS2. The fourth-order valence-corrected chi connectivity index (χ4v) is 2.07. The molecule has 0 rings (SSSR count). The molecule has 0 amide bonds. The van der Waals surface area contributed by atoms with Gasteiger partial charge in [-0.3, -0.25) is 0 Å². The molecule has 0 saturated heterocycles. The Morgan fingerprint density at radius 3 is 1.82 bits per heavy atom. The van der Waals surface area contributed by atoms with Crippen molar-refractivity contribution >= 4 is 25.3 Å². The summed E-state index contributed by atoms with van der Waals surface area (Å²) in [6.45, 7) is 4.49. The molecule has 11 heavy (non-hydrogen) atoms. The van der Waals surface area contributed by atoms with Crippen LogP contribution in [0.2, 0.25) is 0 Å². The molecule has 0 spiro atoms. The minimum absolute atomic E-state index is 0.0691. The lowest BCUT2D eigenvalue weighted by Gasteiger charge is -2.29. The van der Waals surface area contributed by atoms with Gasteiger partial charge in [0.25, 0.3) is 0 Å². The van der Waals surface area contributed by atoms with Crippen LogP contribution in [0.4, 0.5) is 0 Å². The summed E-state index contributed by atoms with van der Waals surface area (Å²) in [4.78, 5) is 0. The van der Waals surface area contributed by atoms with E-state index >= 15 is 0 Å². The molecule has 0 radical (unpaired) electrons. The molecule has 0 fully saturated rings. The predicted molar refractivity (Wildman–Crippen MR) is 56.7 cm³/mol. The largest absolute Gasteiger partial charge is 0.396 e. The van der Waals surface area contributed by atoms with Crippen LogP contribution < -0.4 is 0 Å². The van der Waals surface area contributed by atoms with Crippen LogP contribution in [-0.2, 0) is 0 Å². The Bertz CT molecular complexity index is 92.0.